The molecule has 0 aliphatic heterocycles. The van der Waals surface area contributed by atoms with E-state index < -0.39 is 49.7 Å². The maximum absolute atomic E-state index is 13.5. The highest BCUT2D eigenvalue weighted by Crippen LogP contribution is 2.55. The van der Waals surface area contributed by atoms with E-state index in [0.29, 0.717) is 0 Å². The van der Waals surface area contributed by atoms with Gasteiger partial charge in [-0.25, -0.2) is 22.0 Å². The van der Waals surface area contributed by atoms with Gasteiger partial charge in [0.25, 0.3) is 0 Å². The Labute approximate surface area is 128 Å². The second kappa shape index (κ2) is 5.38. The first-order valence-corrected chi connectivity index (χ1v) is 6.07. The van der Waals surface area contributed by atoms with Gasteiger partial charge >= 0.3 is 16.4 Å². The van der Waals surface area contributed by atoms with Gasteiger partial charge in [-0.1, -0.05) is 11.6 Å². The Morgan fingerprint density at radius 2 is 1.05 bits per heavy atom. The molecule has 0 bridgehead atoms. The van der Waals surface area contributed by atoms with Gasteiger partial charge in [-0.3, -0.25) is 0 Å². The SMILES string of the molecule is Fc1c(F)c(C(F)(F)C(F)(Cl)C(F)(F)Cl)c(F)c(F)c1Br. The molecular formula is C9BrCl2F9. The zero-order chi connectivity index (χ0) is 17.0. The van der Waals surface area contributed by atoms with Crippen molar-refractivity contribution in [1.82, 2.24) is 0 Å². The van der Waals surface area contributed by atoms with Crippen molar-refractivity contribution >= 4 is 39.1 Å². The number of halogens is 12. The fourth-order valence-electron chi connectivity index (χ4n) is 1.22. The van der Waals surface area contributed by atoms with E-state index >= 15 is 0 Å². The Balaban J connectivity index is 3.76. The first kappa shape index (κ1) is 18.7. The van der Waals surface area contributed by atoms with Crippen molar-refractivity contribution in [1.29, 1.82) is 0 Å². The second-order valence-electron chi connectivity index (χ2n) is 3.59. The normalized spacial score (nSPS) is 16.0. The third kappa shape index (κ3) is 2.70. The van der Waals surface area contributed by atoms with Crippen LogP contribution in [0.15, 0.2) is 4.47 Å². The molecule has 0 nitrogen and oxygen atoms in total. The van der Waals surface area contributed by atoms with E-state index in [4.69, 9.17) is 0 Å². The largest absolute Gasteiger partial charge is 0.375 e. The second-order valence-corrected chi connectivity index (χ2v) is 5.38. The minimum absolute atomic E-state index is 1.53. The molecule has 12 heteroatoms. The van der Waals surface area contributed by atoms with Crippen molar-refractivity contribution < 1.29 is 39.5 Å². The van der Waals surface area contributed by atoms with Crippen LogP contribution in [0.25, 0.3) is 0 Å². The lowest BCUT2D eigenvalue weighted by Crippen LogP contribution is -2.49. The van der Waals surface area contributed by atoms with Gasteiger partial charge in [0, 0.05) is 0 Å². The molecule has 0 heterocycles. The zero-order valence-corrected chi connectivity index (χ0v) is 12.1. The predicted molar refractivity (Wildman–Crippen MR) is 58.4 cm³/mol. The summed E-state index contributed by atoms with van der Waals surface area (Å²) in [5.74, 6) is -16.3. The average molecular weight is 430 g/mol. The summed E-state index contributed by atoms with van der Waals surface area (Å²) in [5.41, 5.74) is -2.96. The van der Waals surface area contributed by atoms with Crippen molar-refractivity contribution in [3.05, 3.63) is 33.3 Å². The van der Waals surface area contributed by atoms with Crippen molar-refractivity contribution in [2.45, 2.75) is 16.4 Å². The Bertz CT molecular complexity index is 553. The molecule has 0 aliphatic rings. The quantitative estimate of drug-likeness (QED) is 0.245. The van der Waals surface area contributed by atoms with Gasteiger partial charge in [-0.2, -0.15) is 17.6 Å². The minimum Gasteiger partial charge on any atom is -0.211 e. The van der Waals surface area contributed by atoms with Gasteiger partial charge in [0.1, 0.15) is 5.56 Å². The summed E-state index contributed by atoms with van der Waals surface area (Å²) in [6, 6.07) is 0. The monoisotopic (exact) mass is 428 g/mol. The molecule has 120 valence electrons. The first-order chi connectivity index (χ1) is 9.18. The van der Waals surface area contributed by atoms with E-state index in [9.17, 15) is 39.5 Å². The van der Waals surface area contributed by atoms with E-state index in [2.05, 4.69) is 23.2 Å². The molecular weight excluding hydrogens is 430 g/mol. The van der Waals surface area contributed by atoms with Gasteiger partial charge < -0.3 is 0 Å². The summed E-state index contributed by atoms with van der Waals surface area (Å²) < 4.78 is 117. The lowest BCUT2D eigenvalue weighted by atomic mass is 10.0. The van der Waals surface area contributed by atoms with Crippen LogP contribution < -0.4 is 0 Å². The van der Waals surface area contributed by atoms with Crippen LogP contribution in [0, 0.1) is 23.3 Å². The molecule has 21 heavy (non-hydrogen) atoms. The Kier molecular flexibility index (Phi) is 4.79. The molecule has 1 rings (SSSR count). The molecule has 0 aromatic heterocycles. The molecule has 1 atom stereocenters. The molecule has 1 aromatic carbocycles. The third-order valence-corrected chi connectivity index (χ3v) is 3.80. The Hall–Kier alpha value is -0.350. The van der Waals surface area contributed by atoms with E-state index in [1.165, 1.54) is 0 Å². The van der Waals surface area contributed by atoms with Crippen LogP contribution in [0.1, 0.15) is 5.56 Å². The summed E-state index contributed by atoms with van der Waals surface area (Å²) in [6.45, 7) is 0. The summed E-state index contributed by atoms with van der Waals surface area (Å²) in [4.78, 5) is 0. The minimum atomic E-state index is -5.91. The van der Waals surface area contributed by atoms with E-state index in [0.717, 1.165) is 0 Å². The highest BCUT2D eigenvalue weighted by molar-refractivity contribution is 9.10. The molecule has 1 aromatic rings. The van der Waals surface area contributed by atoms with Crippen molar-refractivity contribution in [3.8, 4) is 0 Å². The molecule has 0 amide bonds. The van der Waals surface area contributed by atoms with Crippen molar-refractivity contribution in [2.24, 2.45) is 0 Å². The summed E-state index contributed by atoms with van der Waals surface area (Å²) in [6.07, 6.45) is 0. The van der Waals surface area contributed by atoms with Crippen LogP contribution in [0.2, 0.25) is 0 Å². The van der Waals surface area contributed by atoms with E-state index in [-0.39, 0.29) is 0 Å². The lowest BCUT2D eigenvalue weighted by molar-refractivity contribution is -0.179. The molecule has 0 radical (unpaired) electrons. The highest BCUT2D eigenvalue weighted by atomic mass is 79.9. The Morgan fingerprint density at radius 1 is 0.714 bits per heavy atom. The maximum Gasteiger partial charge on any atom is 0.375 e. The molecule has 0 saturated heterocycles. The van der Waals surface area contributed by atoms with Gasteiger partial charge in [-0.15, -0.1) is 0 Å². The summed E-state index contributed by atoms with van der Waals surface area (Å²) in [7, 11) is 0. The van der Waals surface area contributed by atoms with Crippen molar-refractivity contribution in [3.63, 3.8) is 0 Å². The van der Waals surface area contributed by atoms with Crippen molar-refractivity contribution in [2.75, 3.05) is 0 Å². The molecule has 0 aliphatic carbocycles. The summed E-state index contributed by atoms with van der Waals surface area (Å²) in [5, 5.41) is -11.1. The molecule has 0 N–H and O–H groups in total. The smallest absolute Gasteiger partial charge is 0.211 e. The van der Waals surface area contributed by atoms with Gasteiger partial charge in [0.2, 0.25) is 0 Å². The fourth-order valence-corrected chi connectivity index (χ4v) is 1.78. The number of hydrogen-bond donors (Lipinski definition) is 0. The zero-order valence-electron chi connectivity index (χ0n) is 9.04. The molecule has 1 unspecified atom stereocenters. The fraction of sp³-hybridized carbons (Fsp3) is 0.333. The van der Waals surface area contributed by atoms with Crippen LogP contribution in [0.3, 0.4) is 0 Å². The van der Waals surface area contributed by atoms with Gasteiger partial charge in [0.05, 0.1) is 4.47 Å². The lowest BCUT2D eigenvalue weighted by Gasteiger charge is -2.31. The van der Waals surface area contributed by atoms with Gasteiger partial charge in [-0.05, 0) is 27.5 Å². The summed E-state index contributed by atoms with van der Waals surface area (Å²) >= 11 is 10.2. The Morgan fingerprint density at radius 3 is 1.33 bits per heavy atom. The molecule has 0 spiro atoms. The van der Waals surface area contributed by atoms with Crippen LogP contribution in [-0.4, -0.2) is 10.5 Å². The molecule has 0 fully saturated rings. The standard InChI is InChI=1S/C9BrCl2F9/c10-2-5(15)3(13)1(4(14)6(2)16)7(17,18)8(11,19)9(12,20)21. The topological polar surface area (TPSA) is 0 Å². The number of benzene rings is 1. The van der Waals surface area contributed by atoms with Crippen LogP contribution in [0.5, 0.6) is 0 Å². The van der Waals surface area contributed by atoms with Gasteiger partial charge in [0.15, 0.2) is 23.3 Å². The van der Waals surface area contributed by atoms with Crippen LogP contribution in [0.4, 0.5) is 39.5 Å². The van der Waals surface area contributed by atoms with Crippen LogP contribution >= 0.6 is 39.1 Å². The number of hydrogen-bond acceptors (Lipinski definition) is 0. The third-order valence-electron chi connectivity index (χ3n) is 2.27. The number of rotatable bonds is 3. The highest BCUT2D eigenvalue weighted by Gasteiger charge is 2.71. The first-order valence-electron chi connectivity index (χ1n) is 4.52. The average Bonchev–Trinajstić information content (AvgIpc) is 2.32. The van der Waals surface area contributed by atoms with E-state index in [1.807, 2.05) is 15.9 Å². The predicted octanol–water partition coefficient (Wildman–Crippen LogP) is 5.83. The van der Waals surface area contributed by atoms with E-state index in [1.54, 1.807) is 0 Å². The number of alkyl halides is 7. The van der Waals surface area contributed by atoms with Crippen LogP contribution in [-0.2, 0) is 5.92 Å². The molecule has 0 saturated carbocycles. The maximum atomic E-state index is 13.5.